The molecule has 158 valence electrons. The Balaban J connectivity index is 1.81. The zero-order chi connectivity index (χ0) is 21.7. The third-order valence-corrected chi connectivity index (χ3v) is 5.52. The first kappa shape index (κ1) is 21.6. The van der Waals surface area contributed by atoms with Crippen molar-refractivity contribution in [2.75, 3.05) is 5.32 Å². The van der Waals surface area contributed by atoms with Crippen LogP contribution in [0.25, 0.3) is 0 Å². The summed E-state index contributed by atoms with van der Waals surface area (Å²) in [6, 6.07) is 18.4. The maximum absolute atomic E-state index is 14.1. The van der Waals surface area contributed by atoms with Gasteiger partial charge < -0.3 is 14.8 Å². The first-order chi connectivity index (χ1) is 14.3. The Hall–Kier alpha value is -3.08. The number of carbonyl (C=O) groups excluding carboxylic acids is 1. The number of nitrogens with one attached hydrogen (secondary N) is 1. The van der Waals surface area contributed by atoms with Crippen LogP contribution in [0.3, 0.4) is 0 Å². The van der Waals surface area contributed by atoms with Gasteiger partial charge in [-0.1, -0.05) is 55.8 Å². The van der Waals surface area contributed by atoms with Gasteiger partial charge in [0, 0.05) is 24.5 Å². The van der Waals surface area contributed by atoms with Gasteiger partial charge in [0.25, 0.3) is 0 Å². The van der Waals surface area contributed by atoms with Gasteiger partial charge in [-0.3, -0.25) is 0 Å². The van der Waals surface area contributed by atoms with Gasteiger partial charge >= 0.3 is 6.03 Å². The van der Waals surface area contributed by atoms with Crippen LogP contribution in [0, 0.1) is 18.7 Å². The van der Waals surface area contributed by atoms with Crippen LogP contribution in [0.15, 0.2) is 66.9 Å². The van der Waals surface area contributed by atoms with Crippen molar-refractivity contribution < 1.29 is 9.18 Å². The van der Waals surface area contributed by atoms with Gasteiger partial charge in [0.15, 0.2) is 0 Å². The van der Waals surface area contributed by atoms with Crippen molar-refractivity contribution in [3.05, 3.63) is 89.5 Å². The van der Waals surface area contributed by atoms with E-state index in [1.807, 2.05) is 25.3 Å². The summed E-state index contributed by atoms with van der Waals surface area (Å²) in [5.41, 5.74) is 3.67. The van der Waals surface area contributed by atoms with E-state index in [1.165, 1.54) is 17.2 Å². The molecule has 0 spiro atoms. The number of nitrogens with zero attached hydrogens (tertiary/aromatic N) is 2. The average molecular weight is 408 g/mol. The highest BCUT2D eigenvalue weighted by molar-refractivity contribution is 5.89. The zero-order valence-electron chi connectivity index (χ0n) is 18.1. The van der Waals surface area contributed by atoms with Crippen molar-refractivity contribution in [3.63, 3.8) is 0 Å². The standard InChI is InChI=1S/C25H30FN3O/c1-18(2)20(4)29(25(30)27-24-13-6-5-12-23(24)26)17-22-11-8-14-28(22)16-21-10-7-9-19(3)15-21/h5-15,18,20H,16-17H2,1-4H3,(H,27,30)/t20-/m1/s1. The average Bonchev–Trinajstić information content (AvgIpc) is 3.14. The summed E-state index contributed by atoms with van der Waals surface area (Å²) < 4.78 is 16.2. The minimum Gasteiger partial charge on any atom is -0.345 e. The fraction of sp³-hybridized carbons (Fsp3) is 0.320. The van der Waals surface area contributed by atoms with Gasteiger partial charge in [-0.15, -0.1) is 0 Å². The number of hydrogen-bond acceptors (Lipinski definition) is 1. The summed E-state index contributed by atoms with van der Waals surface area (Å²) in [6.07, 6.45) is 2.03. The Kier molecular flexibility index (Phi) is 6.93. The molecule has 3 rings (SSSR count). The van der Waals surface area contributed by atoms with E-state index in [-0.39, 0.29) is 23.7 Å². The fourth-order valence-electron chi connectivity index (χ4n) is 3.44. The molecule has 2 amide bonds. The van der Waals surface area contributed by atoms with E-state index in [2.05, 4.69) is 54.9 Å². The SMILES string of the molecule is Cc1cccc(Cn2cccc2CN(C(=O)Nc2ccccc2F)[C@H](C)C(C)C)c1. The van der Waals surface area contributed by atoms with Crippen molar-refractivity contribution in [1.29, 1.82) is 0 Å². The molecule has 0 aliphatic rings. The lowest BCUT2D eigenvalue weighted by molar-refractivity contribution is 0.168. The normalized spacial score (nSPS) is 12.1. The Labute approximate surface area is 178 Å². The molecule has 0 bridgehead atoms. The molecule has 0 unspecified atom stereocenters. The molecule has 2 aromatic carbocycles. The second-order valence-corrected chi connectivity index (χ2v) is 8.14. The Morgan fingerprint density at radius 1 is 1.07 bits per heavy atom. The molecule has 1 N–H and O–H groups in total. The van der Waals surface area contributed by atoms with Gasteiger partial charge in [0.05, 0.1) is 12.2 Å². The van der Waals surface area contributed by atoms with Gasteiger partial charge in [-0.2, -0.15) is 0 Å². The number of urea groups is 1. The molecular weight excluding hydrogens is 377 g/mol. The lowest BCUT2D eigenvalue weighted by Crippen LogP contribution is -2.43. The Morgan fingerprint density at radius 2 is 1.83 bits per heavy atom. The molecule has 0 saturated carbocycles. The van der Waals surface area contributed by atoms with E-state index in [0.717, 1.165) is 12.2 Å². The van der Waals surface area contributed by atoms with Crippen molar-refractivity contribution in [1.82, 2.24) is 9.47 Å². The molecule has 1 heterocycles. The molecule has 0 radical (unpaired) electrons. The topological polar surface area (TPSA) is 37.3 Å². The van der Waals surface area contributed by atoms with Crippen LogP contribution in [-0.2, 0) is 13.1 Å². The highest BCUT2D eigenvalue weighted by atomic mass is 19.1. The van der Waals surface area contributed by atoms with Crippen LogP contribution >= 0.6 is 0 Å². The van der Waals surface area contributed by atoms with Gasteiger partial charge in [0.1, 0.15) is 5.82 Å². The molecule has 1 aromatic heterocycles. The molecular formula is C25H30FN3O. The summed E-state index contributed by atoms with van der Waals surface area (Å²) in [5, 5.41) is 2.74. The number of hydrogen-bond donors (Lipinski definition) is 1. The second kappa shape index (κ2) is 9.61. The number of benzene rings is 2. The lowest BCUT2D eigenvalue weighted by Gasteiger charge is -2.32. The monoisotopic (exact) mass is 407 g/mol. The van der Waals surface area contributed by atoms with Crippen LogP contribution < -0.4 is 5.32 Å². The summed E-state index contributed by atoms with van der Waals surface area (Å²) >= 11 is 0. The lowest BCUT2D eigenvalue weighted by atomic mass is 10.0. The number of carbonyl (C=O) groups is 1. The van der Waals surface area contributed by atoms with Crippen LogP contribution in [0.5, 0.6) is 0 Å². The van der Waals surface area contributed by atoms with Crippen LogP contribution in [-0.4, -0.2) is 21.5 Å². The summed E-state index contributed by atoms with van der Waals surface area (Å²) in [5.74, 6) is -0.178. The third kappa shape index (κ3) is 5.29. The minimum atomic E-state index is -0.439. The third-order valence-electron chi connectivity index (χ3n) is 5.52. The Morgan fingerprint density at radius 3 is 2.53 bits per heavy atom. The maximum Gasteiger partial charge on any atom is 0.322 e. The van der Waals surface area contributed by atoms with Crippen LogP contribution in [0.4, 0.5) is 14.9 Å². The largest absolute Gasteiger partial charge is 0.345 e. The first-order valence-corrected chi connectivity index (χ1v) is 10.4. The molecule has 0 saturated heterocycles. The van der Waals surface area contributed by atoms with E-state index >= 15 is 0 Å². The van der Waals surface area contributed by atoms with E-state index < -0.39 is 5.82 Å². The second-order valence-electron chi connectivity index (χ2n) is 8.14. The Bertz CT molecular complexity index is 995. The molecule has 0 fully saturated rings. The van der Waals surface area contributed by atoms with Crippen molar-refractivity contribution in [2.45, 2.75) is 46.8 Å². The highest BCUT2D eigenvalue weighted by Gasteiger charge is 2.24. The van der Waals surface area contributed by atoms with E-state index in [9.17, 15) is 9.18 Å². The van der Waals surface area contributed by atoms with E-state index in [4.69, 9.17) is 0 Å². The van der Waals surface area contributed by atoms with Gasteiger partial charge in [0.2, 0.25) is 0 Å². The number of aromatic nitrogens is 1. The van der Waals surface area contributed by atoms with Gasteiger partial charge in [-0.25, -0.2) is 9.18 Å². The van der Waals surface area contributed by atoms with Crippen molar-refractivity contribution in [3.8, 4) is 0 Å². The predicted molar refractivity (Wildman–Crippen MR) is 120 cm³/mol. The highest BCUT2D eigenvalue weighted by Crippen LogP contribution is 2.20. The molecule has 30 heavy (non-hydrogen) atoms. The number of anilines is 1. The zero-order valence-corrected chi connectivity index (χ0v) is 18.1. The molecule has 0 aliphatic heterocycles. The number of rotatable bonds is 7. The quantitative estimate of drug-likeness (QED) is 0.508. The number of halogens is 1. The van der Waals surface area contributed by atoms with Crippen molar-refractivity contribution >= 4 is 11.7 Å². The smallest absolute Gasteiger partial charge is 0.322 e. The van der Waals surface area contributed by atoms with Crippen molar-refractivity contribution in [2.24, 2.45) is 5.92 Å². The summed E-state index contributed by atoms with van der Waals surface area (Å²) in [6.45, 7) is 9.46. The fourth-order valence-corrected chi connectivity index (χ4v) is 3.44. The first-order valence-electron chi connectivity index (χ1n) is 10.4. The van der Waals surface area contributed by atoms with Gasteiger partial charge in [-0.05, 0) is 49.6 Å². The number of aryl methyl sites for hydroxylation is 1. The summed E-state index contributed by atoms with van der Waals surface area (Å²) in [4.78, 5) is 14.9. The van der Waals surface area contributed by atoms with E-state index in [0.29, 0.717) is 6.54 Å². The molecule has 3 aromatic rings. The maximum atomic E-state index is 14.1. The molecule has 4 nitrogen and oxygen atoms in total. The van der Waals surface area contributed by atoms with Crippen LogP contribution in [0.2, 0.25) is 0 Å². The van der Waals surface area contributed by atoms with E-state index in [1.54, 1.807) is 23.1 Å². The minimum absolute atomic E-state index is 0.0147. The van der Waals surface area contributed by atoms with Crippen LogP contribution in [0.1, 0.15) is 37.6 Å². The predicted octanol–water partition coefficient (Wildman–Crippen LogP) is 6.06. The molecule has 0 aliphatic carbocycles. The molecule has 1 atom stereocenters. The number of para-hydroxylation sites is 1. The molecule has 5 heteroatoms. The number of amides is 2. The summed E-state index contributed by atoms with van der Waals surface area (Å²) in [7, 11) is 0.